The monoisotopic (exact) mass is 327 g/mol. The molecule has 0 radical (unpaired) electrons. The van der Waals surface area contributed by atoms with Crippen molar-refractivity contribution in [1.29, 1.82) is 0 Å². The number of benzene rings is 2. The van der Waals surface area contributed by atoms with Crippen molar-refractivity contribution in [3.05, 3.63) is 71.8 Å². The van der Waals surface area contributed by atoms with E-state index in [2.05, 4.69) is 0 Å². The number of hydrogen-bond donors (Lipinski definition) is 0. The van der Waals surface area contributed by atoms with E-state index in [-0.39, 0.29) is 6.61 Å². The number of methoxy groups -OCH3 is 1. The fourth-order valence-corrected chi connectivity index (χ4v) is 2.30. The molecule has 126 valence electrons. The highest BCUT2D eigenvalue weighted by atomic mass is 16.6. The van der Waals surface area contributed by atoms with E-state index in [4.69, 9.17) is 9.47 Å². The second kappa shape index (κ2) is 8.72. The second-order valence-corrected chi connectivity index (χ2v) is 5.38. The Kier molecular flexibility index (Phi) is 6.37. The Bertz CT molecular complexity index is 658. The van der Waals surface area contributed by atoms with Crippen LogP contribution in [0, 0.1) is 0 Å². The lowest BCUT2D eigenvalue weighted by Crippen LogP contribution is -2.44. The summed E-state index contributed by atoms with van der Waals surface area (Å²) in [5.74, 6) is -0.474. The number of rotatable bonds is 6. The molecule has 2 aromatic rings. The van der Waals surface area contributed by atoms with Gasteiger partial charge in [0, 0.05) is 13.5 Å². The topological polar surface area (TPSA) is 55.8 Å². The number of ether oxygens (including phenoxy) is 2. The quantitative estimate of drug-likeness (QED) is 0.765. The lowest BCUT2D eigenvalue weighted by Gasteiger charge is -2.25. The van der Waals surface area contributed by atoms with Gasteiger partial charge in [0.15, 0.2) is 0 Å². The molecular formula is C19H21NO4. The van der Waals surface area contributed by atoms with Gasteiger partial charge in [-0.25, -0.2) is 9.59 Å². The first-order valence-electron chi connectivity index (χ1n) is 7.67. The van der Waals surface area contributed by atoms with Gasteiger partial charge in [0.05, 0.1) is 7.11 Å². The van der Waals surface area contributed by atoms with Crippen LogP contribution in [0.1, 0.15) is 11.1 Å². The van der Waals surface area contributed by atoms with Gasteiger partial charge in [-0.2, -0.15) is 0 Å². The van der Waals surface area contributed by atoms with Crippen molar-refractivity contribution >= 4 is 12.1 Å². The molecule has 0 heterocycles. The maximum Gasteiger partial charge on any atom is 0.410 e. The lowest BCUT2D eigenvalue weighted by molar-refractivity contribution is -0.146. The van der Waals surface area contributed by atoms with Crippen molar-refractivity contribution in [3.8, 4) is 0 Å². The third-order valence-corrected chi connectivity index (χ3v) is 3.71. The molecule has 2 rings (SSSR count). The first-order chi connectivity index (χ1) is 11.6. The van der Waals surface area contributed by atoms with Crippen LogP contribution in [0.15, 0.2) is 60.7 Å². The predicted octanol–water partition coefficient (Wildman–Crippen LogP) is 3.04. The third kappa shape index (κ3) is 4.84. The zero-order valence-electron chi connectivity index (χ0n) is 13.8. The smallest absolute Gasteiger partial charge is 0.410 e. The normalized spacial score (nSPS) is 11.4. The van der Waals surface area contributed by atoms with Gasteiger partial charge in [-0.1, -0.05) is 60.7 Å². The fraction of sp³-hybridized carbons (Fsp3) is 0.263. The van der Waals surface area contributed by atoms with E-state index in [9.17, 15) is 9.59 Å². The summed E-state index contributed by atoms with van der Waals surface area (Å²) in [4.78, 5) is 25.6. The van der Waals surface area contributed by atoms with Crippen molar-refractivity contribution in [2.45, 2.75) is 19.1 Å². The number of hydrogen-bond acceptors (Lipinski definition) is 4. The van der Waals surface area contributed by atoms with Crippen LogP contribution in [0.5, 0.6) is 0 Å². The van der Waals surface area contributed by atoms with Crippen LogP contribution in [0.2, 0.25) is 0 Å². The highest BCUT2D eigenvalue weighted by Crippen LogP contribution is 2.12. The predicted molar refractivity (Wildman–Crippen MR) is 90.3 cm³/mol. The summed E-state index contributed by atoms with van der Waals surface area (Å²) in [5.41, 5.74) is 1.83. The van der Waals surface area contributed by atoms with Crippen LogP contribution in [0.25, 0.3) is 0 Å². The Morgan fingerprint density at radius 1 is 0.958 bits per heavy atom. The van der Waals surface area contributed by atoms with Crippen LogP contribution in [-0.4, -0.2) is 37.2 Å². The Balaban J connectivity index is 2.02. The van der Waals surface area contributed by atoms with Crippen molar-refractivity contribution in [3.63, 3.8) is 0 Å². The van der Waals surface area contributed by atoms with Crippen LogP contribution in [-0.2, 0) is 27.3 Å². The van der Waals surface area contributed by atoms with Gasteiger partial charge in [-0.05, 0) is 11.1 Å². The Hall–Kier alpha value is -2.82. The molecule has 0 N–H and O–H groups in total. The molecule has 2 aromatic carbocycles. The van der Waals surface area contributed by atoms with Gasteiger partial charge in [0.2, 0.25) is 0 Å². The van der Waals surface area contributed by atoms with Crippen molar-refractivity contribution < 1.29 is 19.1 Å². The van der Waals surface area contributed by atoms with Crippen molar-refractivity contribution in [2.24, 2.45) is 0 Å². The van der Waals surface area contributed by atoms with Crippen molar-refractivity contribution in [2.75, 3.05) is 14.2 Å². The van der Waals surface area contributed by atoms with Crippen LogP contribution >= 0.6 is 0 Å². The summed E-state index contributed by atoms with van der Waals surface area (Å²) in [6, 6.07) is 18.1. The summed E-state index contributed by atoms with van der Waals surface area (Å²) < 4.78 is 10.1. The molecule has 0 aliphatic carbocycles. The van der Waals surface area contributed by atoms with Crippen LogP contribution < -0.4 is 0 Å². The van der Waals surface area contributed by atoms with E-state index in [1.54, 1.807) is 0 Å². The zero-order chi connectivity index (χ0) is 17.4. The number of nitrogens with zero attached hydrogens (tertiary/aromatic N) is 1. The SMILES string of the molecule is COC(=O)[C@H](Cc1ccccc1)N(C)C(=O)OCc1ccccc1. The van der Waals surface area contributed by atoms with Gasteiger partial charge in [0.25, 0.3) is 0 Å². The highest BCUT2D eigenvalue weighted by Gasteiger charge is 2.29. The molecule has 5 nitrogen and oxygen atoms in total. The molecule has 0 saturated carbocycles. The van der Waals surface area contributed by atoms with E-state index in [1.165, 1.54) is 19.1 Å². The second-order valence-electron chi connectivity index (χ2n) is 5.38. The van der Waals surface area contributed by atoms with E-state index in [0.29, 0.717) is 6.42 Å². The molecule has 5 heteroatoms. The summed E-state index contributed by atoms with van der Waals surface area (Å²) in [7, 11) is 2.85. The van der Waals surface area contributed by atoms with Gasteiger partial charge in [-0.15, -0.1) is 0 Å². The molecule has 0 unspecified atom stereocenters. The maximum atomic E-state index is 12.3. The molecule has 1 atom stereocenters. The molecule has 1 amide bonds. The van der Waals surface area contributed by atoms with Gasteiger partial charge in [-0.3, -0.25) is 4.90 Å². The van der Waals surface area contributed by atoms with E-state index in [0.717, 1.165) is 11.1 Å². The zero-order valence-corrected chi connectivity index (χ0v) is 13.8. The minimum atomic E-state index is -0.735. The van der Waals surface area contributed by atoms with E-state index < -0.39 is 18.1 Å². The molecular weight excluding hydrogens is 306 g/mol. The molecule has 0 aliphatic heterocycles. The molecule has 0 bridgehead atoms. The summed E-state index contributed by atoms with van der Waals surface area (Å²) >= 11 is 0. The highest BCUT2D eigenvalue weighted by molar-refractivity contribution is 5.81. The standard InChI is InChI=1S/C19H21NO4/c1-20(19(22)24-14-16-11-7-4-8-12-16)17(18(21)23-2)13-15-9-5-3-6-10-15/h3-12,17H,13-14H2,1-2H3/t17-/m0/s1. The Morgan fingerprint density at radius 3 is 2.04 bits per heavy atom. The molecule has 0 spiro atoms. The molecule has 0 fully saturated rings. The number of likely N-dealkylation sites (N-methyl/N-ethyl adjacent to an activating group) is 1. The molecule has 0 saturated heterocycles. The minimum absolute atomic E-state index is 0.156. The Labute approximate surface area is 141 Å². The van der Waals surface area contributed by atoms with Gasteiger partial charge < -0.3 is 9.47 Å². The number of carbonyl (C=O) groups is 2. The first-order valence-corrected chi connectivity index (χ1v) is 7.67. The van der Waals surface area contributed by atoms with Gasteiger partial charge >= 0.3 is 12.1 Å². The lowest BCUT2D eigenvalue weighted by atomic mass is 10.1. The minimum Gasteiger partial charge on any atom is -0.467 e. The molecule has 24 heavy (non-hydrogen) atoms. The summed E-state index contributed by atoms with van der Waals surface area (Å²) in [6.07, 6.45) is -0.199. The fourth-order valence-electron chi connectivity index (χ4n) is 2.30. The van der Waals surface area contributed by atoms with Crippen LogP contribution in [0.4, 0.5) is 4.79 Å². The maximum absolute atomic E-state index is 12.3. The largest absolute Gasteiger partial charge is 0.467 e. The van der Waals surface area contributed by atoms with Crippen molar-refractivity contribution in [1.82, 2.24) is 4.90 Å². The van der Waals surface area contributed by atoms with Gasteiger partial charge in [0.1, 0.15) is 12.6 Å². The Morgan fingerprint density at radius 2 is 1.50 bits per heavy atom. The average Bonchev–Trinajstić information content (AvgIpc) is 2.64. The molecule has 0 aliphatic rings. The summed E-state index contributed by atoms with van der Waals surface area (Å²) in [6.45, 7) is 0.156. The van der Waals surface area contributed by atoms with E-state index in [1.807, 2.05) is 60.7 Å². The number of amides is 1. The number of carbonyl (C=O) groups excluding carboxylic acids is 2. The van der Waals surface area contributed by atoms with Crippen LogP contribution in [0.3, 0.4) is 0 Å². The summed E-state index contributed by atoms with van der Waals surface area (Å²) in [5, 5.41) is 0. The average molecular weight is 327 g/mol. The molecule has 0 aromatic heterocycles. The number of esters is 1. The van der Waals surface area contributed by atoms with E-state index >= 15 is 0 Å². The third-order valence-electron chi connectivity index (χ3n) is 3.71. The first kappa shape index (κ1) is 17.5.